The van der Waals surface area contributed by atoms with Crippen LogP contribution in [-0.4, -0.2) is 31.1 Å². The van der Waals surface area contributed by atoms with Crippen LogP contribution in [0.25, 0.3) is 0 Å². The number of carbonyl (C=O) groups is 1. The molecule has 0 bridgehead atoms. The standard InChI is InChI=1S/C22H26FNO3/c1-26-20-13-10-17(14-21(20)27-2)22(25)24(19-6-4-3-5-7-19)15-16-8-11-18(23)12-9-16/h8-14,19H,3-7,15H2,1-2H3. The molecule has 1 fully saturated rings. The topological polar surface area (TPSA) is 38.8 Å². The third kappa shape index (κ3) is 4.59. The predicted octanol–water partition coefficient (Wildman–Crippen LogP) is 4.82. The average molecular weight is 371 g/mol. The molecule has 0 saturated heterocycles. The minimum atomic E-state index is -0.269. The first-order valence-corrected chi connectivity index (χ1v) is 9.40. The van der Waals surface area contributed by atoms with Gasteiger partial charge in [0.2, 0.25) is 0 Å². The normalized spacial score (nSPS) is 14.6. The van der Waals surface area contributed by atoms with Gasteiger partial charge in [-0.25, -0.2) is 4.39 Å². The fourth-order valence-corrected chi connectivity index (χ4v) is 3.68. The van der Waals surface area contributed by atoms with Gasteiger partial charge in [-0.1, -0.05) is 31.4 Å². The quantitative estimate of drug-likeness (QED) is 0.731. The van der Waals surface area contributed by atoms with Gasteiger partial charge in [0.1, 0.15) is 5.82 Å². The summed E-state index contributed by atoms with van der Waals surface area (Å²) in [6, 6.07) is 11.8. The Labute approximate surface area is 159 Å². The Hall–Kier alpha value is -2.56. The fourth-order valence-electron chi connectivity index (χ4n) is 3.68. The van der Waals surface area contributed by atoms with Crippen LogP contribution in [0.15, 0.2) is 42.5 Å². The van der Waals surface area contributed by atoms with E-state index in [1.54, 1.807) is 44.6 Å². The lowest BCUT2D eigenvalue weighted by Crippen LogP contribution is -2.41. The van der Waals surface area contributed by atoms with Crippen LogP contribution in [-0.2, 0) is 6.54 Å². The van der Waals surface area contributed by atoms with Crippen molar-refractivity contribution < 1.29 is 18.7 Å². The Kier molecular flexibility index (Phi) is 6.32. The molecule has 5 heteroatoms. The highest BCUT2D eigenvalue weighted by Gasteiger charge is 2.27. The van der Waals surface area contributed by atoms with E-state index < -0.39 is 0 Å². The van der Waals surface area contributed by atoms with Crippen LogP contribution >= 0.6 is 0 Å². The van der Waals surface area contributed by atoms with E-state index in [1.165, 1.54) is 18.6 Å². The zero-order chi connectivity index (χ0) is 19.2. The molecule has 0 aromatic heterocycles. The van der Waals surface area contributed by atoms with Crippen LogP contribution in [0.3, 0.4) is 0 Å². The molecule has 0 atom stereocenters. The number of amides is 1. The summed E-state index contributed by atoms with van der Waals surface area (Å²) in [4.78, 5) is 15.3. The van der Waals surface area contributed by atoms with Crippen LogP contribution in [0.1, 0.15) is 48.0 Å². The van der Waals surface area contributed by atoms with Crippen molar-refractivity contribution in [3.8, 4) is 11.5 Å². The van der Waals surface area contributed by atoms with E-state index in [2.05, 4.69) is 0 Å². The molecule has 2 aromatic rings. The number of rotatable bonds is 6. The smallest absolute Gasteiger partial charge is 0.254 e. The SMILES string of the molecule is COc1ccc(C(=O)N(Cc2ccc(F)cc2)C2CCCCC2)cc1OC. The summed E-state index contributed by atoms with van der Waals surface area (Å²) in [6.07, 6.45) is 5.47. The minimum Gasteiger partial charge on any atom is -0.493 e. The predicted molar refractivity (Wildman–Crippen MR) is 103 cm³/mol. The van der Waals surface area contributed by atoms with E-state index in [4.69, 9.17) is 9.47 Å². The molecule has 0 unspecified atom stereocenters. The Morgan fingerprint density at radius 1 is 1.00 bits per heavy atom. The van der Waals surface area contributed by atoms with Crippen molar-refractivity contribution in [3.05, 3.63) is 59.4 Å². The van der Waals surface area contributed by atoms with Crippen molar-refractivity contribution in [2.24, 2.45) is 0 Å². The number of halogens is 1. The maximum atomic E-state index is 13.3. The van der Waals surface area contributed by atoms with Crippen LogP contribution in [0, 0.1) is 5.82 Å². The summed E-state index contributed by atoms with van der Waals surface area (Å²) in [6.45, 7) is 0.470. The molecule has 144 valence electrons. The molecule has 1 saturated carbocycles. The van der Waals surface area contributed by atoms with Crippen molar-refractivity contribution in [1.29, 1.82) is 0 Å². The van der Waals surface area contributed by atoms with Gasteiger partial charge in [-0.15, -0.1) is 0 Å². The lowest BCUT2D eigenvalue weighted by molar-refractivity contribution is 0.0614. The molecule has 0 aliphatic heterocycles. The lowest BCUT2D eigenvalue weighted by Gasteiger charge is -2.34. The highest BCUT2D eigenvalue weighted by molar-refractivity contribution is 5.95. The summed E-state index contributed by atoms with van der Waals surface area (Å²) in [5.74, 6) is 0.826. The maximum Gasteiger partial charge on any atom is 0.254 e. The molecule has 0 radical (unpaired) electrons. The highest BCUT2D eigenvalue weighted by atomic mass is 19.1. The maximum absolute atomic E-state index is 13.3. The second kappa shape index (κ2) is 8.89. The summed E-state index contributed by atoms with van der Waals surface area (Å²) in [7, 11) is 3.13. The molecular weight excluding hydrogens is 345 g/mol. The molecule has 1 aliphatic rings. The molecule has 0 N–H and O–H groups in total. The van der Waals surface area contributed by atoms with E-state index in [1.807, 2.05) is 4.90 Å². The largest absolute Gasteiger partial charge is 0.493 e. The number of hydrogen-bond donors (Lipinski definition) is 0. The number of nitrogens with zero attached hydrogens (tertiary/aromatic N) is 1. The van der Waals surface area contributed by atoms with E-state index in [9.17, 15) is 9.18 Å². The van der Waals surface area contributed by atoms with Crippen molar-refractivity contribution in [2.75, 3.05) is 14.2 Å². The van der Waals surface area contributed by atoms with Gasteiger partial charge in [0.05, 0.1) is 14.2 Å². The molecular formula is C22H26FNO3. The average Bonchev–Trinajstić information content (AvgIpc) is 2.73. The number of benzene rings is 2. The van der Waals surface area contributed by atoms with Crippen LogP contribution < -0.4 is 9.47 Å². The van der Waals surface area contributed by atoms with E-state index >= 15 is 0 Å². The summed E-state index contributed by atoms with van der Waals surface area (Å²) in [5, 5.41) is 0. The molecule has 27 heavy (non-hydrogen) atoms. The number of methoxy groups -OCH3 is 2. The summed E-state index contributed by atoms with van der Waals surface area (Å²) >= 11 is 0. The third-order valence-corrected chi connectivity index (χ3v) is 5.17. The number of carbonyl (C=O) groups excluding carboxylic acids is 1. The third-order valence-electron chi connectivity index (χ3n) is 5.17. The Morgan fingerprint density at radius 3 is 2.30 bits per heavy atom. The minimum absolute atomic E-state index is 0.0350. The fraction of sp³-hybridized carbons (Fsp3) is 0.409. The number of ether oxygens (including phenoxy) is 2. The monoisotopic (exact) mass is 371 g/mol. The van der Waals surface area contributed by atoms with E-state index in [0.717, 1.165) is 31.2 Å². The first-order valence-electron chi connectivity index (χ1n) is 9.40. The van der Waals surface area contributed by atoms with Crippen LogP contribution in [0.4, 0.5) is 4.39 Å². The second-order valence-electron chi connectivity index (χ2n) is 6.92. The molecule has 0 heterocycles. The van der Waals surface area contributed by atoms with Gasteiger partial charge < -0.3 is 14.4 Å². The second-order valence-corrected chi connectivity index (χ2v) is 6.92. The van der Waals surface area contributed by atoms with Gasteiger partial charge >= 0.3 is 0 Å². The zero-order valence-electron chi connectivity index (χ0n) is 15.9. The van der Waals surface area contributed by atoms with Gasteiger partial charge in [0.25, 0.3) is 5.91 Å². The van der Waals surface area contributed by atoms with Crippen molar-refractivity contribution in [2.45, 2.75) is 44.7 Å². The molecule has 2 aromatic carbocycles. The van der Waals surface area contributed by atoms with Gasteiger partial charge in [0.15, 0.2) is 11.5 Å². The summed E-state index contributed by atoms with van der Waals surface area (Å²) < 4.78 is 23.9. The summed E-state index contributed by atoms with van der Waals surface area (Å²) in [5.41, 5.74) is 1.50. The van der Waals surface area contributed by atoms with Gasteiger partial charge in [-0.2, -0.15) is 0 Å². The first kappa shape index (κ1) is 19.2. The van der Waals surface area contributed by atoms with Crippen LogP contribution in [0.2, 0.25) is 0 Å². The first-order chi connectivity index (χ1) is 13.1. The van der Waals surface area contributed by atoms with E-state index in [-0.39, 0.29) is 17.8 Å². The Balaban J connectivity index is 1.88. The van der Waals surface area contributed by atoms with Crippen molar-refractivity contribution in [1.82, 2.24) is 4.90 Å². The van der Waals surface area contributed by atoms with E-state index in [0.29, 0.717) is 23.6 Å². The van der Waals surface area contributed by atoms with Gasteiger partial charge in [-0.3, -0.25) is 4.79 Å². The molecule has 1 aliphatic carbocycles. The van der Waals surface area contributed by atoms with Crippen molar-refractivity contribution in [3.63, 3.8) is 0 Å². The van der Waals surface area contributed by atoms with Crippen molar-refractivity contribution >= 4 is 5.91 Å². The van der Waals surface area contributed by atoms with Gasteiger partial charge in [0, 0.05) is 18.2 Å². The number of hydrogen-bond acceptors (Lipinski definition) is 3. The molecule has 0 spiro atoms. The Bertz CT molecular complexity index is 770. The Morgan fingerprint density at radius 2 is 1.67 bits per heavy atom. The lowest BCUT2D eigenvalue weighted by atomic mass is 9.93. The van der Waals surface area contributed by atoms with Gasteiger partial charge in [-0.05, 0) is 48.7 Å². The molecule has 4 nitrogen and oxygen atoms in total. The molecule has 3 rings (SSSR count). The zero-order valence-corrected chi connectivity index (χ0v) is 15.9. The molecule has 1 amide bonds. The highest BCUT2D eigenvalue weighted by Crippen LogP contribution is 2.30. The van der Waals surface area contributed by atoms with Crippen LogP contribution in [0.5, 0.6) is 11.5 Å².